The predicted molar refractivity (Wildman–Crippen MR) is 86.9 cm³/mol. The molecule has 4 rings (SSSR count). The number of rotatable bonds is 3. The highest BCUT2D eigenvalue weighted by atomic mass is 16.6. The summed E-state index contributed by atoms with van der Waals surface area (Å²) in [7, 11) is 0. The normalized spacial score (nSPS) is 12.9. The van der Waals surface area contributed by atoms with Crippen molar-refractivity contribution < 1.29 is 9.47 Å². The van der Waals surface area contributed by atoms with E-state index in [0.717, 1.165) is 17.0 Å². The quantitative estimate of drug-likeness (QED) is 0.643. The Bertz CT molecular complexity index is 846. The van der Waals surface area contributed by atoms with Crippen LogP contribution >= 0.6 is 0 Å². The van der Waals surface area contributed by atoms with E-state index in [1.165, 1.54) is 0 Å². The number of nitrogens with two attached hydrogens (primary N) is 1. The molecule has 0 unspecified atom stereocenters. The van der Waals surface area contributed by atoms with Crippen LogP contribution in [0.4, 0.5) is 17.3 Å². The third-order valence-electron chi connectivity index (χ3n) is 3.51. The molecule has 3 aromatic rings. The van der Waals surface area contributed by atoms with E-state index in [-0.39, 0.29) is 0 Å². The molecule has 2 aromatic carbocycles. The molecule has 1 aliphatic rings. The van der Waals surface area contributed by atoms with Crippen LogP contribution in [0.5, 0.6) is 11.5 Å². The molecule has 23 heavy (non-hydrogen) atoms. The summed E-state index contributed by atoms with van der Waals surface area (Å²) < 4.78 is 11.1. The van der Waals surface area contributed by atoms with Gasteiger partial charge in [0, 0.05) is 23.0 Å². The van der Waals surface area contributed by atoms with Crippen molar-refractivity contribution in [3.8, 4) is 22.9 Å². The number of ether oxygens (including phenoxy) is 2. The Balaban J connectivity index is 1.57. The average molecular weight is 309 g/mol. The highest BCUT2D eigenvalue weighted by molar-refractivity contribution is 5.72. The first-order chi connectivity index (χ1) is 11.3. The summed E-state index contributed by atoms with van der Waals surface area (Å²) in [5, 5.41) is 11.4. The van der Waals surface area contributed by atoms with Gasteiger partial charge in [-0.05, 0) is 24.3 Å². The molecule has 116 valence electrons. The molecule has 4 N–H and O–H groups in total. The van der Waals surface area contributed by atoms with Crippen LogP contribution in [0.3, 0.4) is 0 Å². The van der Waals surface area contributed by atoms with Crippen LogP contribution in [0.1, 0.15) is 0 Å². The lowest BCUT2D eigenvalue weighted by Gasteiger charge is -2.18. The van der Waals surface area contributed by atoms with E-state index in [1.54, 1.807) is 0 Å². The lowest BCUT2D eigenvalue weighted by atomic mass is 10.2. The van der Waals surface area contributed by atoms with Gasteiger partial charge in [-0.3, -0.25) is 0 Å². The molecule has 0 amide bonds. The van der Waals surface area contributed by atoms with E-state index in [4.69, 9.17) is 15.2 Å². The molecule has 0 aliphatic carbocycles. The standard InChI is InChI=1S/C16H15N5O2/c17-12-4-2-1-3-11(12)15-19-16(21-20-15)18-10-5-6-13-14(9-10)23-8-7-22-13/h1-6,9H,7-8,17H2,(H2,18,19,20,21). The molecule has 0 fully saturated rings. The number of hydrogen-bond acceptors (Lipinski definition) is 6. The van der Waals surface area contributed by atoms with Crippen molar-refractivity contribution in [3.63, 3.8) is 0 Å². The fourth-order valence-electron chi connectivity index (χ4n) is 2.41. The second-order valence-corrected chi connectivity index (χ2v) is 5.09. The Kier molecular flexibility index (Phi) is 3.23. The molecule has 2 heterocycles. The molecule has 1 aromatic heterocycles. The predicted octanol–water partition coefficient (Wildman–Crippen LogP) is 2.57. The molecule has 0 bridgehead atoms. The monoisotopic (exact) mass is 309 g/mol. The summed E-state index contributed by atoms with van der Waals surface area (Å²) in [5.74, 6) is 2.61. The first-order valence-corrected chi connectivity index (χ1v) is 7.24. The average Bonchev–Trinajstić information content (AvgIpc) is 3.03. The van der Waals surface area contributed by atoms with E-state index in [9.17, 15) is 0 Å². The number of nitrogen functional groups attached to an aromatic ring is 1. The summed E-state index contributed by atoms with van der Waals surface area (Å²) in [6.45, 7) is 1.12. The van der Waals surface area contributed by atoms with Crippen LogP contribution in [0.25, 0.3) is 11.4 Å². The number of H-pyrrole nitrogens is 1. The van der Waals surface area contributed by atoms with Crippen molar-refractivity contribution in [2.45, 2.75) is 0 Å². The van der Waals surface area contributed by atoms with Crippen molar-refractivity contribution >= 4 is 17.3 Å². The van der Waals surface area contributed by atoms with E-state index < -0.39 is 0 Å². The highest BCUT2D eigenvalue weighted by Gasteiger charge is 2.13. The molecule has 0 spiro atoms. The SMILES string of the molecule is Nc1ccccc1-c1nnc(Nc2ccc3c(c2)OCCO3)[nH]1. The summed E-state index contributed by atoms with van der Waals surface area (Å²) >= 11 is 0. The van der Waals surface area contributed by atoms with Gasteiger partial charge in [-0.1, -0.05) is 12.1 Å². The van der Waals surface area contributed by atoms with E-state index >= 15 is 0 Å². The Morgan fingerprint density at radius 2 is 1.83 bits per heavy atom. The van der Waals surface area contributed by atoms with E-state index in [2.05, 4.69) is 20.5 Å². The number of nitrogens with zero attached hydrogens (tertiary/aromatic N) is 2. The number of nitrogens with one attached hydrogen (secondary N) is 2. The maximum absolute atomic E-state index is 5.95. The van der Waals surface area contributed by atoms with Gasteiger partial charge in [0.15, 0.2) is 17.3 Å². The van der Waals surface area contributed by atoms with Crippen LogP contribution < -0.4 is 20.5 Å². The minimum atomic E-state index is 0.528. The van der Waals surface area contributed by atoms with Crippen LogP contribution in [-0.4, -0.2) is 28.4 Å². The molecule has 0 saturated carbocycles. The summed E-state index contributed by atoms with van der Waals surface area (Å²) in [6.07, 6.45) is 0. The van der Waals surface area contributed by atoms with Crippen molar-refractivity contribution in [1.29, 1.82) is 0 Å². The minimum Gasteiger partial charge on any atom is -0.486 e. The van der Waals surface area contributed by atoms with Gasteiger partial charge >= 0.3 is 0 Å². The van der Waals surface area contributed by atoms with Gasteiger partial charge in [-0.2, -0.15) is 0 Å². The first kappa shape index (κ1) is 13.4. The van der Waals surface area contributed by atoms with Crippen LogP contribution in [-0.2, 0) is 0 Å². The van der Waals surface area contributed by atoms with Crippen molar-refractivity contribution in [1.82, 2.24) is 15.2 Å². The van der Waals surface area contributed by atoms with E-state index in [0.29, 0.717) is 36.4 Å². The van der Waals surface area contributed by atoms with Gasteiger partial charge in [0.25, 0.3) is 0 Å². The molecular formula is C16H15N5O2. The molecule has 0 atom stereocenters. The van der Waals surface area contributed by atoms with E-state index in [1.807, 2.05) is 42.5 Å². The largest absolute Gasteiger partial charge is 0.486 e. The Labute approximate surface area is 132 Å². The van der Waals surface area contributed by atoms with Gasteiger partial charge in [-0.25, -0.2) is 0 Å². The Morgan fingerprint density at radius 3 is 2.70 bits per heavy atom. The maximum atomic E-state index is 5.95. The van der Waals surface area contributed by atoms with Gasteiger partial charge < -0.3 is 25.5 Å². The maximum Gasteiger partial charge on any atom is 0.226 e. The zero-order valence-electron chi connectivity index (χ0n) is 12.2. The number of aromatic nitrogens is 3. The second kappa shape index (κ2) is 5.53. The number of hydrogen-bond donors (Lipinski definition) is 3. The van der Waals surface area contributed by atoms with Gasteiger partial charge in [0.05, 0.1) is 0 Å². The highest BCUT2D eigenvalue weighted by Crippen LogP contribution is 2.33. The third-order valence-corrected chi connectivity index (χ3v) is 3.51. The molecule has 7 nitrogen and oxygen atoms in total. The van der Waals surface area contributed by atoms with Crippen LogP contribution in [0.15, 0.2) is 42.5 Å². The second-order valence-electron chi connectivity index (χ2n) is 5.09. The van der Waals surface area contributed by atoms with Gasteiger partial charge in [0.2, 0.25) is 5.95 Å². The minimum absolute atomic E-state index is 0.528. The number of para-hydroxylation sites is 1. The number of aromatic amines is 1. The lowest BCUT2D eigenvalue weighted by Crippen LogP contribution is -2.15. The van der Waals surface area contributed by atoms with Crippen LogP contribution in [0, 0.1) is 0 Å². The number of benzene rings is 2. The third kappa shape index (κ3) is 2.64. The number of fused-ring (bicyclic) bond motifs is 1. The summed E-state index contributed by atoms with van der Waals surface area (Å²) in [4.78, 5) is 3.11. The van der Waals surface area contributed by atoms with Crippen molar-refractivity contribution in [2.75, 3.05) is 24.3 Å². The fourth-order valence-corrected chi connectivity index (χ4v) is 2.41. The summed E-state index contributed by atoms with van der Waals surface area (Å²) in [6, 6.07) is 13.1. The lowest BCUT2D eigenvalue weighted by molar-refractivity contribution is 0.171. The van der Waals surface area contributed by atoms with Crippen molar-refractivity contribution in [2.24, 2.45) is 0 Å². The molecule has 0 radical (unpaired) electrons. The molecular weight excluding hydrogens is 294 g/mol. The van der Waals surface area contributed by atoms with Gasteiger partial charge in [0.1, 0.15) is 13.2 Å². The smallest absolute Gasteiger partial charge is 0.226 e. The molecule has 1 aliphatic heterocycles. The fraction of sp³-hybridized carbons (Fsp3) is 0.125. The molecule has 7 heteroatoms. The van der Waals surface area contributed by atoms with Crippen molar-refractivity contribution in [3.05, 3.63) is 42.5 Å². The molecule has 0 saturated heterocycles. The topological polar surface area (TPSA) is 98.1 Å². The van der Waals surface area contributed by atoms with Crippen LogP contribution in [0.2, 0.25) is 0 Å². The first-order valence-electron chi connectivity index (χ1n) is 7.24. The number of anilines is 3. The summed E-state index contributed by atoms with van der Waals surface area (Å²) in [5.41, 5.74) is 8.25. The zero-order valence-corrected chi connectivity index (χ0v) is 12.2. The Hall–Kier alpha value is -3.22. The Morgan fingerprint density at radius 1 is 1.00 bits per heavy atom. The zero-order chi connectivity index (χ0) is 15.6. The van der Waals surface area contributed by atoms with Gasteiger partial charge in [-0.15, -0.1) is 10.2 Å².